The van der Waals surface area contributed by atoms with E-state index < -0.39 is 0 Å². The molecule has 1 aliphatic carbocycles. The minimum Gasteiger partial charge on any atom is -0.456 e. The van der Waals surface area contributed by atoms with Crippen LogP contribution in [0, 0.1) is 0 Å². The lowest BCUT2D eigenvalue weighted by Gasteiger charge is -2.11. The van der Waals surface area contributed by atoms with E-state index in [9.17, 15) is 0 Å². The van der Waals surface area contributed by atoms with Crippen LogP contribution in [0.2, 0.25) is 0 Å². The molecule has 0 saturated carbocycles. The Morgan fingerprint density at radius 1 is 0.512 bits per heavy atom. The minimum absolute atomic E-state index is 0.876. The Balaban J connectivity index is 1.26. The predicted molar refractivity (Wildman–Crippen MR) is 179 cm³/mol. The average molecular weight is 548 g/mol. The van der Waals surface area contributed by atoms with Crippen LogP contribution < -0.4 is 0 Å². The Kier molecular flexibility index (Phi) is 4.53. The van der Waals surface area contributed by atoms with Gasteiger partial charge in [0.05, 0.1) is 11.0 Å². The number of benzene rings is 7. The molecule has 1 aliphatic rings. The smallest absolute Gasteiger partial charge is 0.140 e. The van der Waals surface area contributed by atoms with Crippen molar-refractivity contribution in [3.8, 4) is 27.9 Å². The van der Waals surface area contributed by atoms with Crippen LogP contribution in [-0.2, 0) is 6.42 Å². The van der Waals surface area contributed by atoms with Crippen LogP contribution >= 0.6 is 0 Å². The van der Waals surface area contributed by atoms with Crippen LogP contribution in [-0.4, -0.2) is 4.57 Å². The lowest BCUT2D eigenvalue weighted by Crippen LogP contribution is -1.93. The van der Waals surface area contributed by atoms with E-state index in [1.165, 1.54) is 71.3 Å². The number of nitrogens with zero attached hydrogens (tertiary/aromatic N) is 1. The highest BCUT2D eigenvalue weighted by molar-refractivity contribution is 6.24. The van der Waals surface area contributed by atoms with Crippen molar-refractivity contribution in [1.29, 1.82) is 0 Å². The molecule has 43 heavy (non-hydrogen) atoms. The number of hydrogen-bond acceptors (Lipinski definition) is 1. The van der Waals surface area contributed by atoms with Crippen LogP contribution in [0.4, 0.5) is 0 Å². The molecule has 0 radical (unpaired) electrons. The summed E-state index contributed by atoms with van der Waals surface area (Å²) in [6.07, 6.45) is 0.876. The lowest BCUT2D eigenvalue weighted by molar-refractivity contribution is 0.665. The first-order valence-corrected chi connectivity index (χ1v) is 14.9. The second kappa shape index (κ2) is 8.47. The molecule has 0 unspecified atom stereocenters. The summed E-state index contributed by atoms with van der Waals surface area (Å²) in [7, 11) is 0. The fourth-order valence-corrected chi connectivity index (χ4v) is 7.54. The summed E-state index contributed by atoms with van der Waals surface area (Å²) in [6, 6.07) is 50.5. The molecule has 0 amide bonds. The zero-order chi connectivity index (χ0) is 28.1. The lowest BCUT2D eigenvalue weighted by atomic mass is 9.93. The van der Waals surface area contributed by atoms with E-state index in [0.717, 1.165) is 28.7 Å². The Bertz CT molecular complexity index is 2530. The van der Waals surface area contributed by atoms with Gasteiger partial charge in [-0.3, -0.25) is 0 Å². The Morgan fingerprint density at radius 2 is 1.19 bits per heavy atom. The van der Waals surface area contributed by atoms with E-state index in [-0.39, 0.29) is 0 Å². The fourth-order valence-electron chi connectivity index (χ4n) is 7.54. The van der Waals surface area contributed by atoms with Gasteiger partial charge in [-0.05, 0) is 75.0 Å². The van der Waals surface area contributed by atoms with Crippen LogP contribution in [0.1, 0.15) is 11.1 Å². The van der Waals surface area contributed by atoms with Gasteiger partial charge in [-0.1, -0.05) is 103 Å². The van der Waals surface area contributed by atoms with Gasteiger partial charge in [-0.2, -0.15) is 0 Å². The largest absolute Gasteiger partial charge is 0.456 e. The first-order valence-electron chi connectivity index (χ1n) is 14.9. The minimum atomic E-state index is 0.876. The van der Waals surface area contributed by atoms with Crippen molar-refractivity contribution in [2.24, 2.45) is 0 Å². The number of aromatic nitrogens is 1. The van der Waals surface area contributed by atoms with Gasteiger partial charge in [-0.25, -0.2) is 0 Å². The van der Waals surface area contributed by atoms with Gasteiger partial charge in [0.2, 0.25) is 0 Å². The summed E-state index contributed by atoms with van der Waals surface area (Å²) in [6.45, 7) is 0. The van der Waals surface area contributed by atoms with Crippen molar-refractivity contribution in [3.63, 3.8) is 0 Å². The molecule has 0 saturated heterocycles. The van der Waals surface area contributed by atoms with Crippen molar-refractivity contribution < 1.29 is 4.42 Å². The molecular formula is C41H25NO. The molecule has 0 fully saturated rings. The standard InChI is InChI=1S/C41H25NO/c1-2-10-25(11-3-1)26-18-19-27-23-35-39(33(27)22-26)31-14-4-5-15-32(31)40-34-24-28(20-21-38(34)43-41(35)40)42-36-16-8-6-12-29(36)30-13-7-9-17-37(30)42/h1-22,24H,23H2. The Morgan fingerprint density at radius 3 is 1.95 bits per heavy atom. The zero-order valence-electron chi connectivity index (χ0n) is 23.3. The molecule has 0 bridgehead atoms. The Hall–Kier alpha value is -5.60. The summed E-state index contributed by atoms with van der Waals surface area (Å²) in [4.78, 5) is 0. The quantitative estimate of drug-likeness (QED) is 0.210. The third-order valence-electron chi connectivity index (χ3n) is 9.41. The van der Waals surface area contributed by atoms with Gasteiger partial charge in [0.1, 0.15) is 11.2 Å². The van der Waals surface area contributed by atoms with Gasteiger partial charge >= 0.3 is 0 Å². The highest BCUT2D eigenvalue weighted by Gasteiger charge is 2.28. The van der Waals surface area contributed by atoms with Crippen molar-refractivity contribution in [3.05, 3.63) is 151 Å². The molecule has 0 atom stereocenters. The fraction of sp³-hybridized carbons (Fsp3) is 0.0244. The summed E-state index contributed by atoms with van der Waals surface area (Å²) in [5.41, 5.74) is 13.3. The molecule has 2 heterocycles. The molecule has 0 spiro atoms. The molecule has 9 aromatic rings. The number of furan rings is 1. The van der Waals surface area contributed by atoms with Crippen LogP contribution in [0.3, 0.4) is 0 Å². The van der Waals surface area contributed by atoms with Gasteiger partial charge in [0.25, 0.3) is 0 Å². The van der Waals surface area contributed by atoms with Gasteiger partial charge < -0.3 is 8.98 Å². The molecule has 2 nitrogen and oxygen atoms in total. The van der Waals surface area contributed by atoms with E-state index in [0.29, 0.717) is 0 Å². The van der Waals surface area contributed by atoms with E-state index in [4.69, 9.17) is 4.42 Å². The van der Waals surface area contributed by atoms with Crippen LogP contribution in [0.5, 0.6) is 0 Å². The maximum Gasteiger partial charge on any atom is 0.140 e. The van der Waals surface area contributed by atoms with E-state index in [1.54, 1.807) is 0 Å². The summed E-state index contributed by atoms with van der Waals surface area (Å²) < 4.78 is 9.18. The molecule has 0 aliphatic heterocycles. The molecule has 7 aromatic carbocycles. The topological polar surface area (TPSA) is 18.1 Å². The number of rotatable bonds is 2. The average Bonchev–Trinajstić information content (AvgIpc) is 3.75. The molecule has 2 aromatic heterocycles. The Labute approximate surface area is 248 Å². The molecule has 0 N–H and O–H groups in total. The summed E-state index contributed by atoms with van der Waals surface area (Å²) >= 11 is 0. The first-order chi connectivity index (χ1) is 21.3. The summed E-state index contributed by atoms with van der Waals surface area (Å²) in [5, 5.41) is 7.45. The van der Waals surface area contributed by atoms with Crippen molar-refractivity contribution >= 4 is 54.5 Å². The number of fused-ring (bicyclic) bond motifs is 13. The number of para-hydroxylation sites is 2. The van der Waals surface area contributed by atoms with Crippen molar-refractivity contribution in [1.82, 2.24) is 4.57 Å². The maximum atomic E-state index is 6.79. The van der Waals surface area contributed by atoms with E-state index in [2.05, 4.69) is 144 Å². The monoisotopic (exact) mass is 547 g/mol. The second-order valence-corrected chi connectivity index (χ2v) is 11.7. The summed E-state index contributed by atoms with van der Waals surface area (Å²) in [5.74, 6) is 0. The normalized spacial score (nSPS) is 12.6. The van der Waals surface area contributed by atoms with Crippen LogP contribution in [0.15, 0.2) is 144 Å². The van der Waals surface area contributed by atoms with Gasteiger partial charge in [-0.15, -0.1) is 0 Å². The predicted octanol–water partition coefficient (Wildman–Crippen LogP) is 11.1. The molecule has 200 valence electrons. The first kappa shape index (κ1) is 23.0. The SMILES string of the molecule is c1ccc(-c2ccc3c(c2)-c2c(c4oc5ccc(-n6c7ccccc7c7ccccc76)cc5c4c4ccccc24)C3)cc1. The third-order valence-corrected chi connectivity index (χ3v) is 9.41. The number of hydrogen-bond donors (Lipinski definition) is 0. The molecule has 10 rings (SSSR count). The van der Waals surface area contributed by atoms with Crippen molar-refractivity contribution in [2.75, 3.05) is 0 Å². The molecular weight excluding hydrogens is 522 g/mol. The zero-order valence-corrected chi connectivity index (χ0v) is 23.3. The van der Waals surface area contributed by atoms with E-state index in [1.807, 2.05) is 0 Å². The highest BCUT2D eigenvalue weighted by atomic mass is 16.3. The van der Waals surface area contributed by atoms with Gasteiger partial charge in [0, 0.05) is 39.2 Å². The van der Waals surface area contributed by atoms with E-state index >= 15 is 0 Å². The second-order valence-electron chi connectivity index (χ2n) is 11.7. The maximum absolute atomic E-state index is 6.79. The highest BCUT2D eigenvalue weighted by Crippen LogP contribution is 2.49. The van der Waals surface area contributed by atoms with Crippen molar-refractivity contribution in [2.45, 2.75) is 6.42 Å². The van der Waals surface area contributed by atoms with Gasteiger partial charge in [0.15, 0.2) is 0 Å². The molecule has 2 heteroatoms. The van der Waals surface area contributed by atoms with Crippen LogP contribution in [0.25, 0.3) is 82.5 Å². The third kappa shape index (κ3) is 3.13.